The van der Waals surface area contributed by atoms with Crippen LogP contribution in [0.3, 0.4) is 0 Å². The molecule has 2 aromatic carbocycles. The number of nitrogens with zero attached hydrogens (tertiary/aromatic N) is 2. The molecule has 2 aromatic rings. The van der Waals surface area contributed by atoms with Crippen LogP contribution in [0, 0.1) is 0 Å². The zero-order valence-corrected chi connectivity index (χ0v) is 18.6. The van der Waals surface area contributed by atoms with Crippen molar-refractivity contribution < 1.29 is 19.0 Å². The van der Waals surface area contributed by atoms with Gasteiger partial charge in [-0.3, -0.25) is 4.79 Å². The van der Waals surface area contributed by atoms with Crippen molar-refractivity contribution in [2.75, 3.05) is 39.3 Å². The molecule has 2 aliphatic rings. The molecule has 7 nitrogen and oxygen atoms in total. The number of methoxy groups -OCH3 is 3. The van der Waals surface area contributed by atoms with E-state index in [2.05, 4.69) is 15.2 Å². The third-order valence-electron chi connectivity index (χ3n) is 5.22. The lowest BCUT2D eigenvalue weighted by molar-refractivity contribution is -0.115. The summed E-state index contributed by atoms with van der Waals surface area (Å²) in [6, 6.07) is 11.2. The summed E-state index contributed by atoms with van der Waals surface area (Å²) < 4.78 is 16.4. The first kappa shape index (κ1) is 21.1. The van der Waals surface area contributed by atoms with Gasteiger partial charge in [-0.25, -0.2) is 4.99 Å². The molecule has 0 saturated carbocycles. The fourth-order valence-electron chi connectivity index (χ4n) is 3.62. The maximum Gasteiger partial charge on any atom is 0.264 e. The smallest absolute Gasteiger partial charge is 0.264 e. The van der Waals surface area contributed by atoms with Gasteiger partial charge in [0, 0.05) is 24.7 Å². The van der Waals surface area contributed by atoms with Crippen LogP contribution in [-0.2, 0) is 4.79 Å². The number of anilines is 1. The van der Waals surface area contributed by atoms with E-state index in [1.54, 1.807) is 21.3 Å². The number of amidine groups is 1. The van der Waals surface area contributed by atoms with Crippen LogP contribution in [0.15, 0.2) is 46.3 Å². The average Bonchev–Trinajstić information content (AvgIpc) is 3.44. The molecule has 0 bridgehead atoms. The molecule has 162 valence electrons. The van der Waals surface area contributed by atoms with Crippen molar-refractivity contribution in [3.8, 4) is 17.2 Å². The van der Waals surface area contributed by atoms with Gasteiger partial charge in [-0.15, -0.1) is 0 Å². The Kier molecular flexibility index (Phi) is 6.36. The Morgan fingerprint density at radius 3 is 2.35 bits per heavy atom. The van der Waals surface area contributed by atoms with E-state index in [0.29, 0.717) is 15.8 Å². The Labute approximate surface area is 186 Å². The standard InChI is InChI=1S/C23H25N3O4S/c1-28-17-8-6-16(7-9-17)24-23-25-22(27)21(31-23)13-15-12-20(30-3)18(14-19(15)29-2)26-10-4-5-11-26/h6-9,12-14H,4-5,10-11H2,1-3H3,(H,24,25,27). The fraction of sp³-hybridized carbons (Fsp3) is 0.304. The molecule has 0 aromatic heterocycles. The summed E-state index contributed by atoms with van der Waals surface area (Å²) in [5.41, 5.74) is 2.54. The highest BCUT2D eigenvalue weighted by Crippen LogP contribution is 2.39. The van der Waals surface area contributed by atoms with Gasteiger partial charge in [0.05, 0.1) is 37.6 Å². The Balaban J connectivity index is 1.61. The molecule has 0 atom stereocenters. The van der Waals surface area contributed by atoms with Crippen LogP contribution in [0.2, 0.25) is 0 Å². The summed E-state index contributed by atoms with van der Waals surface area (Å²) in [6.45, 7) is 2.01. The lowest BCUT2D eigenvalue weighted by Crippen LogP contribution is -2.19. The molecule has 4 rings (SSSR count). The topological polar surface area (TPSA) is 72.4 Å². The molecule has 2 heterocycles. The van der Waals surface area contributed by atoms with Gasteiger partial charge in [-0.05, 0) is 61.0 Å². The van der Waals surface area contributed by atoms with Crippen LogP contribution < -0.4 is 24.4 Å². The molecule has 8 heteroatoms. The van der Waals surface area contributed by atoms with Gasteiger partial charge < -0.3 is 24.4 Å². The third-order valence-corrected chi connectivity index (χ3v) is 6.13. The van der Waals surface area contributed by atoms with Gasteiger partial charge in [-0.1, -0.05) is 0 Å². The summed E-state index contributed by atoms with van der Waals surface area (Å²) in [5, 5.41) is 3.35. The number of hydrogen-bond acceptors (Lipinski definition) is 7. The van der Waals surface area contributed by atoms with Gasteiger partial charge in [0.25, 0.3) is 5.91 Å². The van der Waals surface area contributed by atoms with Crippen LogP contribution >= 0.6 is 11.8 Å². The quantitative estimate of drug-likeness (QED) is 0.680. The summed E-state index contributed by atoms with van der Waals surface area (Å²) in [5.74, 6) is 2.03. The van der Waals surface area contributed by atoms with Crippen molar-refractivity contribution >= 4 is 40.3 Å². The number of nitrogens with one attached hydrogen (secondary N) is 1. The molecular formula is C23H25N3O4S. The number of amides is 1. The normalized spacial score (nSPS) is 18.5. The van der Waals surface area contributed by atoms with Crippen molar-refractivity contribution in [3.63, 3.8) is 0 Å². The number of benzene rings is 2. The van der Waals surface area contributed by atoms with E-state index in [9.17, 15) is 4.79 Å². The van der Waals surface area contributed by atoms with E-state index in [1.165, 1.54) is 24.6 Å². The van der Waals surface area contributed by atoms with Crippen LogP contribution in [0.25, 0.3) is 6.08 Å². The number of thioether (sulfide) groups is 1. The van der Waals surface area contributed by atoms with Crippen molar-refractivity contribution in [1.29, 1.82) is 0 Å². The second-order valence-electron chi connectivity index (χ2n) is 7.14. The first-order chi connectivity index (χ1) is 15.1. The van der Waals surface area contributed by atoms with E-state index in [1.807, 2.05) is 42.5 Å². The van der Waals surface area contributed by atoms with Crippen LogP contribution in [0.1, 0.15) is 18.4 Å². The van der Waals surface area contributed by atoms with E-state index < -0.39 is 0 Å². The maximum atomic E-state index is 12.5. The van der Waals surface area contributed by atoms with Crippen LogP contribution in [0.4, 0.5) is 11.4 Å². The van der Waals surface area contributed by atoms with Crippen molar-refractivity contribution in [2.24, 2.45) is 4.99 Å². The Hall–Kier alpha value is -3.13. The molecule has 0 spiro atoms. The molecule has 2 saturated heterocycles. The zero-order valence-electron chi connectivity index (χ0n) is 17.8. The molecule has 1 N–H and O–H groups in total. The fourth-order valence-corrected chi connectivity index (χ4v) is 4.45. The average molecular weight is 440 g/mol. The number of carbonyl (C=O) groups excluding carboxylic acids is 1. The van der Waals surface area contributed by atoms with Crippen molar-refractivity contribution in [1.82, 2.24) is 5.32 Å². The predicted molar refractivity (Wildman–Crippen MR) is 125 cm³/mol. The van der Waals surface area contributed by atoms with Gasteiger partial charge in [0.2, 0.25) is 0 Å². The summed E-state index contributed by atoms with van der Waals surface area (Å²) in [4.78, 5) is 19.9. The van der Waals surface area contributed by atoms with E-state index in [4.69, 9.17) is 14.2 Å². The molecule has 1 amide bonds. The number of hydrogen-bond donors (Lipinski definition) is 1. The van der Waals surface area contributed by atoms with E-state index in [0.717, 1.165) is 41.5 Å². The van der Waals surface area contributed by atoms with E-state index >= 15 is 0 Å². The second-order valence-corrected chi connectivity index (χ2v) is 8.17. The molecule has 2 aliphatic heterocycles. The first-order valence-electron chi connectivity index (χ1n) is 10.1. The van der Waals surface area contributed by atoms with Gasteiger partial charge in [0.1, 0.15) is 17.2 Å². The summed E-state index contributed by atoms with van der Waals surface area (Å²) >= 11 is 1.29. The largest absolute Gasteiger partial charge is 0.497 e. The predicted octanol–water partition coefficient (Wildman–Crippen LogP) is 4.20. The van der Waals surface area contributed by atoms with Crippen molar-refractivity contribution in [2.45, 2.75) is 12.8 Å². The minimum Gasteiger partial charge on any atom is -0.497 e. The molecule has 0 unspecified atom stereocenters. The molecule has 0 radical (unpaired) electrons. The monoisotopic (exact) mass is 439 g/mol. The summed E-state index contributed by atoms with van der Waals surface area (Å²) in [7, 11) is 4.91. The number of ether oxygens (including phenoxy) is 3. The Morgan fingerprint density at radius 1 is 1.00 bits per heavy atom. The minimum atomic E-state index is -0.193. The number of aliphatic imine (C=N–C) groups is 1. The second kappa shape index (κ2) is 9.34. The van der Waals surface area contributed by atoms with E-state index in [-0.39, 0.29) is 5.91 Å². The zero-order chi connectivity index (χ0) is 21.8. The highest BCUT2D eigenvalue weighted by molar-refractivity contribution is 8.18. The molecule has 2 fully saturated rings. The number of rotatable bonds is 6. The number of carbonyl (C=O) groups is 1. The van der Waals surface area contributed by atoms with Crippen LogP contribution in [-0.4, -0.2) is 45.5 Å². The highest BCUT2D eigenvalue weighted by atomic mass is 32.2. The molecule has 0 aliphatic carbocycles. The highest BCUT2D eigenvalue weighted by Gasteiger charge is 2.25. The first-order valence-corrected chi connectivity index (χ1v) is 10.9. The third kappa shape index (κ3) is 4.64. The summed E-state index contributed by atoms with van der Waals surface area (Å²) in [6.07, 6.45) is 4.15. The maximum absolute atomic E-state index is 12.5. The van der Waals surface area contributed by atoms with Gasteiger partial charge in [0.15, 0.2) is 5.17 Å². The van der Waals surface area contributed by atoms with Gasteiger partial charge in [-0.2, -0.15) is 0 Å². The molecule has 31 heavy (non-hydrogen) atoms. The lowest BCUT2D eigenvalue weighted by atomic mass is 10.1. The Morgan fingerprint density at radius 2 is 1.71 bits per heavy atom. The lowest BCUT2D eigenvalue weighted by Gasteiger charge is -2.22. The van der Waals surface area contributed by atoms with Crippen molar-refractivity contribution in [3.05, 3.63) is 46.9 Å². The van der Waals surface area contributed by atoms with Crippen LogP contribution in [0.5, 0.6) is 17.2 Å². The Bertz CT molecular complexity index is 1030. The minimum absolute atomic E-state index is 0.193. The van der Waals surface area contributed by atoms with Gasteiger partial charge >= 0.3 is 0 Å². The SMILES string of the molecule is COc1ccc(N=C2NC(=O)C(=Cc3cc(OC)c(N4CCCC4)cc3OC)S2)cc1. The molecular weight excluding hydrogens is 414 g/mol.